The molecule has 0 amide bonds. The van der Waals surface area contributed by atoms with Crippen LogP contribution in [0, 0.1) is 28.6 Å². The van der Waals surface area contributed by atoms with Crippen LogP contribution in [-0.4, -0.2) is 50.5 Å². The molecule has 172 valence electrons. The highest BCUT2D eigenvalue weighted by Gasteiger charge is 2.69. The molecule has 0 heterocycles. The van der Waals surface area contributed by atoms with Crippen molar-refractivity contribution in [1.29, 1.82) is 0 Å². The monoisotopic (exact) mass is 432 g/mol. The molecule has 0 radical (unpaired) electrons. The van der Waals surface area contributed by atoms with E-state index in [2.05, 4.69) is 6.92 Å². The fourth-order valence-electron chi connectivity index (χ4n) is 7.37. The Morgan fingerprint density at radius 2 is 1.94 bits per heavy atom. The number of hydrogen-bond acceptors (Lipinski definition) is 6. The van der Waals surface area contributed by atoms with Crippen molar-refractivity contribution in [2.75, 3.05) is 0 Å². The molecule has 0 aromatic heterocycles. The highest BCUT2D eigenvalue weighted by Crippen LogP contribution is 2.67. The molecule has 3 saturated carbocycles. The predicted octanol–water partition coefficient (Wildman–Crippen LogP) is 2.70. The summed E-state index contributed by atoms with van der Waals surface area (Å²) in [6, 6.07) is 0. The minimum atomic E-state index is -1.66. The smallest absolute Gasteiger partial charge is 0.338 e. The van der Waals surface area contributed by atoms with Crippen LogP contribution in [0.3, 0.4) is 0 Å². The van der Waals surface area contributed by atoms with Crippen LogP contribution in [0.2, 0.25) is 0 Å². The molecule has 6 nitrogen and oxygen atoms in total. The Bertz CT molecular complexity index is 853. The number of carbonyl (C=O) groups excluding carboxylic acids is 2. The fraction of sp³-hybridized carbons (Fsp3) is 0.760. The van der Waals surface area contributed by atoms with E-state index >= 15 is 0 Å². The van der Waals surface area contributed by atoms with E-state index in [0.29, 0.717) is 12.8 Å². The van der Waals surface area contributed by atoms with Crippen molar-refractivity contribution in [3.8, 4) is 0 Å². The van der Waals surface area contributed by atoms with E-state index in [0.717, 1.165) is 18.4 Å². The molecule has 0 saturated heterocycles. The van der Waals surface area contributed by atoms with Crippen LogP contribution in [0.4, 0.5) is 0 Å². The van der Waals surface area contributed by atoms with E-state index in [1.54, 1.807) is 32.9 Å². The maximum atomic E-state index is 12.7. The minimum absolute atomic E-state index is 0.00297. The molecule has 0 aliphatic heterocycles. The summed E-state index contributed by atoms with van der Waals surface area (Å²) in [5.41, 5.74) is -2.54. The molecule has 3 fully saturated rings. The second-order valence-corrected chi connectivity index (χ2v) is 11.6. The molecule has 31 heavy (non-hydrogen) atoms. The number of esters is 1. The average Bonchev–Trinajstić information content (AvgIpc) is 2.91. The van der Waals surface area contributed by atoms with Gasteiger partial charge in [-0.25, -0.2) is 4.79 Å². The van der Waals surface area contributed by atoms with Gasteiger partial charge in [-0.05, 0) is 76.9 Å². The zero-order valence-electron chi connectivity index (χ0n) is 19.2. The summed E-state index contributed by atoms with van der Waals surface area (Å²) in [6.45, 7) is 9.19. The molecule has 2 unspecified atom stereocenters. The second kappa shape index (κ2) is 7.00. The summed E-state index contributed by atoms with van der Waals surface area (Å²) in [7, 11) is 0. The van der Waals surface area contributed by atoms with Crippen molar-refractivity contribution in [2.45, 2.75) is 90.1 Å². The third-order valence-electron chi connectivity index (χ3n) is 8.79. The Morgan fingerprint density at radius 1 is 1.26 bits per heavy atom. The van der Waals surface area contributed by atoms with E-state index in [1.807, 2.05) is 13.0 Å². The zero-order valence-corrected chi connectivity index (χ0v) is 19.2. The van der Waals surface area contributed by atoms with Crippen LogP contribution in [0.25, 0.3) is 0 Å². The first-order valence-corrected chi connectivity index (χ1v) is 11.5. The molecule has 8 atom stereocenters. The number of rotatable bonds is 2. The first-order valence-electron chi connectivity index (χ1n) is 11.5. The maximum absolute atomic E-state index is 12.7. The van der Waals surface area contributed by atoms with Crippen molar-refractivity contribution in [1.82, 2.24) is 0 Å². The number of aliphatic hydroxyl groups is 3. The maximum Gasteiger partial charge on any atom is 0.338 e. The number of hydrogen-bond donors (Lipinski definition) is 3. The molecule has 0 aromatic rings. The Balaban J connectivity index is 1.66. The van der Waals surface area contributed by atoms with Gasteiger partial charge in [-0.1, -0.05) is 25.5 Å². The Morgan fingerprint density at radius 3 is 2.58 bits per heavy atom. The van der Waals surface area contributed by atoms with Gasteiger partial charge in [0.15, 0.2) is 11.9 Å². The van der Waals surface area contributed by atoms with Gasteiger partial charge in [0.2, 0.25) is 0 Å². The van der Waals surface area contributed by atoms with E-state index in [-0.39, 0.29) is 35.4 Å². The Labute approximate surface area is 184 Å². The quantitative estimate of drug-likeness (QED) is 0.580. The standard InChI is InChI=1S/C25H36O6/c1-22(2,3)31-21(29)20(28)25(30)11-9-17-16-7-6-14-12-15(26)8-10-23(14,4)19(16)18(27)13-24(17,25)5/h8,10,12,16-20,27-28,30H,6-7,9,11,13H2,1-5H3/t16-,17-,18?,19+,20?,23-,24-,25-/m0/s1. The van der Waals surface area contributed by atoms with Crippen molar-refractivity contribution >= 4 is 11.8 Å². The lowest BCUT2D eigenvalue weighted by Crippen LogP contribution is -2.63. The van der Waals surface area contributed by atoms with Crippen LogP contribution in [0.1, 0.15) is 66.7 Å². The summed E-state index contributed by atoms with van der Waals surface area (Å²) >= 11 is 0. The molecular formula is C25H36O6. The SMILES string of the molecule is CC(C)(C)OC(=O)C(O)[C@@]1(O)CC[C@H]2[C@@H]3CCC4=CC(=O)C=C[C@]4(C)[C@H]3C(O)C[C@@]21C. The van der Waals surface area contributed by atoms with Gasteiger partial charge in [0.25, 0.3) is 0 Å². The lowest BCUT2D eigenvalue weighted by atomic mass is 9.46. The van der Waals surface area contributed by atoms with Crippen LogP contribution in [0.15, 0.2) is 23.8 Å². The number of allylic oxidation sites excluding steroid dienone is 4. The van der Waals surface area contributed by atoms with Gasteiger partial charge in [0.1, 0.15) is 11.2 Å². The minimum Gasteiger partial charge on any atom is -0.458 e. The number of ketones is 1. The Kier molecular flexibility index (Phi) is 5.12. The number of ether oxygens (including phenoxy) is 1. The van der Waals surface area contributed by atoms with Gasteiger partial charge < -0.3 is 20.1 Å². The number of fused-ring (bicyclic) bond motifs is 5. The molecule has 4 rings (SSSR count). The summed E-state index contributed by atoms with van der Waals surface area (Å²) in [5, 5.41) is 34.0. The largest absolute Gasteiger partial charge is 0.458 e. The highest BCUT2D eigenvalue weighted by molar-refractivity contribution is 6.01. The summed E-state index contributed by atoms with van der Waals surface area (Å²) in [5.74, 6) is -0.684. The van der Waals surface area contributed by atoms with Gasteiger partial charge >= 0.3 is 5.97 Å². The van der Waals surface area contributed by atoms with Gasteiger partial charge in [-0.3, -0.25) is 4.79 Å². The first kappa shape index (κ1) is 22.7. The van der Waals surface area contributed by atoms with Gasteiger partial charge in [-0.15, -0.1) is 0 Å². The van der Waals surface area contributed by atoms with Crippen LogP contribution in [0.5, 0.6) is 0 Å². The normalized spacial score (nSPS) is 45.3. The van der Waals surface area contributed by atoms with Crippen LogP contribution < -0.4 is 0 Å². The molecular weight excluding hydrogens is 396 g/mol. The number of carbonyl (C=O) groups is 2. The van der Waals surface area contributed by atoms with E-state index in [1.165, 1.54) is 0 Å². The lowest BCUT2D eigenvalue weighted by Gasteiger charge is -2.60. The van der Waals surface area contributed by atoms with Crippen LogP contribution in [-0.2, 0) is 14.3 Å². The molecule has 0 spiro atoms. The van der Waals surface area contributed by atoms with Crippen molar-refractivity contribution in [3.05, 3.63) is 23.8 Å². The third kappa shape index (κ3) is 3.25. The van der Waals surface area contributed by atoms with E-state index in [4.69, 9.17) is 4.74 Å². The highest BCUT2D eigenvalue weighted by atomic mass is 16.6. The topological polar surface area (TPSA) is 104 Å². The molecule has 4 aliphatic rings. The lowest BCUT2D eigenvalue weighted by molar-refractivity contribution is -0.215. The first-order chi connectivity index (χ1) is 14.2. The second-order valence-electron chi connectivity index (χ2n) is 11.6. The van der Waals surface area contributed by atoms with E-state index in [9.17, 15) is 24.9 Å². The average molecular weight is 433 g/mol. The zero-order chi connectivity index (χ0) is 23.0. The molecule has 0 aromatic carbocycles. The summed E-state index contributed by atoms with van der Waals surface area (Å²) in [4.78, 5) is 24.6. The van der Waals surface area contributed by atoms with Crippen molar-refractivity contribution in [3.63, 3.8) is 0 Å². The summed E-state index contributed by atoms with van der Waals surface area (Å²) < 4.78 is 5.37. The van der Waals surface area contributed by atoms with Gasteiger partial charge in [-0.2, -0.15) is 0 Å². The predicted molar refractivity (Wildman–Crippen MR) is 115 cm³/mol. The van der Waals surface area contributed by atoms with Crippen molar-refractivity contribution in [2.24, 2.45) is 28.6 Å². The number of aliphatic hydroxyl groups excluding tert-OH is 2. The molecule has 0 bridgehead atoms. The Hall–Kier alpha value is -1.50. The molecule has 3 N–H and O–H groups in total. The molecule has 4 aliphatic carbocycles. The van der Waals surface area contributed by atoms with Crippen LogP contribution >= 0.6 is 0 Å². The van der Waals surface area contributed by atoms with E-state index < -0.39 is 34.8 Å². The van der Waals surface area contributed by atoms with Gasteiger partial charge in [0.05, 0.1) is 6.10 Å². The fourth-order valence-corrected chi connectivity index (χ4v) is 7.37. The molecule has 6 heteroatoms. The third-order valence-corrected chi connectivity index (χ3v) is 8.79. The van der Waals surface area contributed by atoms with Crippen molar-refractivity contribution < 1.29 is 29.6 Å². The summed E-state index contributed by atoms with van der Waals surface area (Å²) in [6.07, 6.45) is 5.75. The van der Waals surface area contributed by atoms with Gasteiger partial charge in [0, 0.05) is 16.7 Å².